The molecule has 0 aliphatic carbocycles. The molecule has 54 heavy (non-hydrogen) atoms. The Morgan fingerprint density at radius 1 is 0.500 bits per heavy atom. The quantitative estimate of drug-likeness (QED) is 0.137. The number of aromatic nitrogens is 3. The van der Waals surface area contributed by atoms with Crippen LogP contribution in [0.15, 0.2) is 85.2 Å². The van der Waals surface area contributed by atoms with Gasteiger partial charge < -0.3 is 5.32 Å². The Morgan fingerprint density at radius 3 is 1.33 bits per heavy atom. The van der Waals surface area contributed by atoms with E-state index in [0.29, 0.717) is 33.9 Å². The van der Waals surface area contributed by atoms with Crippen LogP contribution in [-0.2, 0) is 4.79 Å². The van der Waals surface area contributed by atoms with Crippen LogP contribution in [0.25, 0.3) is 33.9 Å². The minimum atomic E-state index is -8.72. The lowest BCUT2D eigenvalue weighted by Gasteiger charge is -2.42. The van der Waals surface area contributed by atoms with Gasteiger partial charge in [0.2, 0.25) is 5.91 Å². The van der Waals surface area contributed by atoms with Crippen molar-refractivity contribution in [1.82, 2.24) is 15.0 Å². The second-order valence-electron chi connectivity index (χ2n) is 11.3. The molecule has 0 radical (unpaired) electrons. The Morgan fingerprint density at radius 2 is 0.926 bits per heavy atom. The van der Waals surface area contributed by atoms with Crippen molar-refractivity contribution < 1.29 is 79.4 Å². The predicted octanol–water partition coefficient (Wildman–Crippen LogP) is 10.6. The Kier molecular flexibility index (Phi) is 10.8. The highest BCUT2D eigenvalue weighted by atomic mass is 19.4. The van der Waals surface area contributed by atoms with E-state index in [1.54, 1.807) is 48.5 Å². The normalized spacial score (nSPS) is 13.9. The molecule has 292 valence electrons. The zero-order valence-electron chi connectivity index (χ0n) is 26.2. The van der Waals surface area contributed by atoms with Crippen molar-refractivity contribution in [3.05, 3.63) is 85.2 Å². The summed E-state index contributed by atoms with van der Waals surface area (Å²) in [5.41, 5.74) is 2.36. The van der Waals surface area contributed by atoms with E-state index in [0.717, 1.165) is 12.1 Å². The smallest absolute Gasteiger partial charge is 0.326 e. The molecule has 0 fully saturated rings. The first kappa shape index (κ1) is 41.7. The Hall–Kier alpha value is -5.05. The fraction of sp³-hybridized carbons (Fsp3) is 0.312. The van der Waals surface area contributed by atoms with Gasteiger partial charge in [-0.25, -0.2) is 4.98 Å². The predicted molar refractivity (Wildman–Crippen MR) is 155 cm³/mol. The van der Waals surface area contributed by atoms with Gasteiger partial charge in [-0.15, -0.1) is 0 Å². The number of alkyl halides is 17. The lowest BCUT2D eigenvalue weighted by atomic mass is 9.88. The maximum absolute atomic E-state index is 14.3. The van der Waals surface area contributed by atoms with Crippen LogP contribution in [-0.4, -0.2) is 68.5 Å². The van der Waals surface area contributed by atoms with Crippen LogP contribution in [0.2, 0.25) is 0 Å². The van der Waals surface area contributed by atoms with Gasteiger partial charge in [-0.1, -0.05) is 24.3 Å². The summed E-state index contributed by atoms with van der Waals surface area (Å²) >= 11 is 0. The molecule has 0 saturated heterocycles. The van der Waals surface area contributed by atoms with Gasteiger partial charge in [0.15, 0.2) is 0 Å². The monoisotopic (exact) mass is 798 g/mol. The van der Waals surface area contributed by atoms with Crippen molar-refractivity contribution in [3.8, 4) is 33.9 Å². The number of pyridine rings is 3. The van der Waals surface area contributed by atoms with E-state index < -0.39 is 66.4 Å². The number of amides is 1. The number of hydrogen-bond donors (Lipinski definition) is 1. The van der Waals surface area contributed by atoms with Crippen molar-refractivity contribution in [2.24, 2.45) is 0 Å². The van der Waals surface area contributed by atoms with E-state index in [2.05, 4.69) is 15.0 Å². The number of carbonyl (C=O) groups is 1. The third-order valence-corrected chi connectivity index (χ3v) is 7.64. The molecule has 4 rings (SSSR count). The van der Waals surface area contributed by atoms with Gasteiger partial charge in [0.25, 0.3) is 0 Å². The van der Waals surface area contributed by atoms with Gasteiger partial charge in [-0.2, -0.15) is 74.6 Å². The van der Waals surface area contributed by atoms with Gasteiger partial charge in [0.05, 0.1) is 22.8 Å². The van der Waals surface area contributed by atoms with Crippen molar-refractivity contribution >= 4 is 11.6 Å². The molecule has 5 nitrogen and oxygen atoms in total. The number of benzene rings is 1. The second kappa shape index (κ2) is 14.0. The highest BCUT2D eigenvalue weighted by Crippen LogP contribution is 2.64. The maximum Gasteiger partial charge on any atom is 0.460 e. The van der Waals surface area contributed by atoms with Gasteiger partial charge in [-0.05, 0) is 59.7 Å². The third-order valence-electron chi connectivity index (χ3n) is 7.64. The summed E-state index contributed by atoms with van der Waals surface area (Å²) < 4.78 is 230. The molecule has 0 bridgehead atoms. The lowest BCUT2D eigenvalue weighted by molar-refractivity contribution is -0.461. The molecule has 0 saturated carbocycles. The molecule has 0 aliphatic heterocycles. The Balaban J connectivity index is 1.52. The summed E-state index contributed by atoms with van der Waals surface area (Å²) in [5.74, 6) is -58.9. The largest absolute Gasteiger partial charge is 0.460 e. The Labute approximate surface area is 291 Å². The van der Waals surface area contributed by atoms with Crippen molar-refractivity contribution in [2.45, 2.75) is 60.5 Å². The average molecular weight is 798 g/mol. The molecule has 4 aromatic rings. The van der Waals surface area contributed by atoms with Crippen LogP contribution in [0, 0.1) is 0 Å². The molecular formula is C32H19F17N4O. The molecule has 1 aromatic carbocycles. The van der Waals surface area contributed by atoms with Crippen LogP contribution in [0.3, 0.4) is 0 Å². The first-order valence-corrected chi connectivity index (χ1v) is 14.6. The van der Waals surface area contributed by atoms with Gasteiger partial charge in [0, 0.05) is 30.9 Å². The van der Waals surface area contributed by atoms with Crippen molar-refractivity contribution in [1.29, 1.82) is 0 Å². The minimum absolute atomic E-state index is 0.257. The molecule has 1 amide bonds. The van der Waals surface area contributed by atoms with Crippen LogP contribution in [0.1, 0.15) is 12.8 Å². The molecule has 1 N–H and O–H groups in total. The summed E-state index contributed by atoms with van der Waals surface area (Å²) in [5, 5.41) is 1.87. The first-order valence-electron chi connectivity index (χ1n) is 14.6. The lowest BCUT2D eigenvalue weighted by Crippen LogP contribution is -2.74. The summed E-state index contributed by atoms with van der Waals surface area (Å²) in [4.78, 5) is 25.3. The number of anilines is 1. The number of nitrogens with zero attached hydrogens (tertiary/aromatic N) is 3. The highest BCUT2D eigenvalue weighted by molar-refractivity contribution is 5.91. The van der Waals surface area contributed by atoms with Gasteiger partial charge in [0.1, 0.15) is 0 Å². The molecule has 0 aliphatic rings. The standard InChI is InChI=1S/C32H19F17N4O/c33-25(34,26(35,36)27(37,38)28(39,40)29(41,42)30(43,44)31(45,46)32(47,48)49)12-11-24(54)52-19-9-7-17(8-10-19)18-15-22(20-5-1-3-13-50-20)53-23(16-18)21-6-2-4-14-51-21/h1-10,13-16H,11-12H2,(H,52,54). The zero-order chi connectivity index (χ0) is 40.8. The number of hydrogen-bond acceptors (Lipinski definition) is 4. The first-order chi connectivity index (χ1) is 24.6. The molecule has 0 atom stereocenters. The van der Waals surface area contributed by atoms with E-state index >= 15 is 0 Å². The summed E-state index contributed by atoms with van der Waals surface area (Å²) in [6.07, 6.45) is -9.66. The van der Waals surface area contributed by atoms with E-state index in [1.165, 1.54) is 24.5 Å². The molecule has 3 heterocycles. The molecule has 22 heteroatoms. The minimum Gasteiger partial charge on any atom is -0.326 e. The van der Waals surface area contributed by atoms with Crippen LogP contribution >= 0.6 is 0 Å². The van der Waals surface area contributed by atoms with Crippen molar-refractivity contribution in [3.63, 3.8) is 0 Å². The summed E-state index contributed by atoms with van der Waals surface area (Å²) in [6, 6.07) is 18.2. The Bertz CT molecular complexity index is 1880. The van der Waals surface area contributed by atoms with Crippen LogP contribution in [0.4, 0.5) is 80.3 Å². The van der Waals surface area contributed by atoms with E-state index in [4.69, 9.17) is 0 Å². The molecule has 0 spiro atoms. The molecule has 3 aromatic heterocycles. The number of nitrogens with one attached hydrogen (secondary N) is 1. The molecule has 0 unspecified atom stereocenters. The van der Waals surface area contributed by atoms with E-state index in [-0.39, 0.29) is 5.69 Å². The number of rotatable bonds is 13. The van der Waals surface area contributed by atoms with E-state index in [1.807, 2.05) is 5.32 Å². The van der Waals surface area contributed by atoms with Gasteiger partial charge in [-0.3, -0.25) is 14.8 Å². The third kappa shape index (κ3) is 7.13. The zero-order valence-corrected chi connectivity index (χ0v) is 26.2. The second-order valence-corrected chi connectivity index (χ2v) is 11.3. The fourth-order valence-electron chi connectivity index (χ4n) is 4.58. The van der Waals surface area contributed by atoms with Crippen LogP contribution < -0.4 is 5.32 Å². The SMILES string of the molecule is O=C(CCC(F)(F)C(F)(F)C(F)(F)C(F)(F)C(F)(F)C(F)(F)C(F)(F)C(F)(F)F)Nc1ccc(-c2cc(-c3ccccn3)nc(-c3ccccn3)c2)cc1. The topological polar surface area (TPSA) is 67.8 Å². The van der Waals surface area contributed by atoms with Gasteiger partial charge >= 0.3 is 47.6 Å². The van der Waals surface area contributed by atoms with Crippen LogP contribution in [0.5, 0.6) is 0 Å². The summed E-state index contributed by atoms with van der Waals surface area (Å²) in [7, 11) is 0. The number of carbonyl (C=O) groups excluding carboxylic acids is 1. The molecular weight excluding hydrogens is 779 g/mol. The maximum atomic E-state index is 14.3. The average Bonchev–Trinajstić information content (AvgIpc) is 3.10. The van der Waals surface area contributed by atoms with E-state index in [9.17, 15) is 79.4 Å². The number of halogens is 17. The fourth-order valence-corrected chi connectivity index (χ4v) is 4.58. The highest BCUT2D eigenvalue weighted by Gasteiger charge is 2.95. The summed E-state index contributed by atoms with van der Waals surface area (Å²) in [6.45, 7) is 0. The van der Waals surface area contributed by atoms with Crippen molar-refractivity contribution in [2.75, 3.05) is 5.32 Å².